The Hall–Kier alpha value is -1.94. The van der Waals surface area contributed by atoms with Crippen LogP contribution >= 0.6 is 15.6 Å². The van der Waals surface area contributed by atoms with Crippen LogP contribution in [0.25, 0.3) is 0 Å². The Balaban J connectivity index is 5.19. The standard InChI is InChI=1S/C85H166O17P2/c1-6-10-13-16-19-22-25-27-28-29-30-31-35-38-41-45-49-54-59-64-69-83(88)96-75-81(102-85(90)71-66-61-56-51-46-42-39-36-33-32-34-37-40-43-47-52-57-62-67-78(5)9-4)77-100-104(93,94)98-73-79(86)72-97-103(91,92)99-76-80(74-95-82(87)68-63-58-53-48-24-21-18-15-12-8-3)101-84(89)70-65-60-55-50-44-26-23-20-17-14-11-7-2/h78-81,86H,6-77H2,1-5H3,(H,91,92)(H,93,94)/t78?,79-,80+,81+/m0/s1. The molecule has 0 radical (unpaired) electrons. The van der Waals surface area contributed by atoms with Crippen molar-refractivity contribution in [1.29, 1.82) is 0 Å². The van der Waals surface area contributed by atoms with Crippen LogP contribution in [-0.4, -0.2) is 96.7 Å². The summed E-state index contributed by atoms with van der Waals surface area (Å²) in [7, 11) is -9.92. The maximum Gasteiger partial charge on any atom is 0.472 e. The van der Waals surface area contributed by atoms with Crippen LogP contribution in [0.2, 0.25) is 0 Å². The number of aliphatic hydroxyl groups excluding tert-OH is 1. The molecule has 0 aliphatic carbocycles. The van der Waals surface area contributed by atoms with Gasteiger partial charge < -0.3 is 33.8 Å². The third-order valence-electron chi connectivity index (χ3n) is 20.4. The lowest BCUT2D eigenvalue weighted by molar-refractivity contribution is -0.161. The summed E-state index contributed by atoms with van der Waals surface area (Å²) in [5.41, 5.74) is 0. The lowest BCUT2D eigenvalue weighted by atomic mass is 9.99. The van der Waals surface area contributed by atoms with E-state index in [1.165, 1.54) is 283 Å². The van der Waals surface area contributed by atoms with Gasteiger partial charge >= 0.3 is 39.5 Å². The van der Waals surface area contributed by atoms with Crippen molar-refractivity contribution in [2.24, 2.45) is 5.92 Å². The van der Waals surface area contributed by atoms with E-state index < -0.39 is 97.5 Å². The molecule has 0 bridgehead atoms. The van der Waals surface area contributed by atoms with Gasteiger partial charge in [0.1, 0.15) is 19.3 Å². The molecule has 0 amide bonds. The van der Waals surface area contributed by atoms with Crippen molar-refractivity contribution in [1.82, 2.24) is 0 Å². The van der Waals surface area contributed by atoms with Gasteiger partial charge in [-0.2, -0.15) is 0 Å². The molecule has 0 aromatic rings. The highest BCUT2D eigenvalue weighted by atomic mass is 31.2. The highest BCUT2D eigenvalue weighted by molar-refractivity contribution is 7.47. The van der Waals surface area contributed by atoms with Crippen LogP contribution in [0.5, 0.6) is 0 Å². The summed E-state index contributed by atoms with van der Waals surface area (Å²) in [6.07, 6.45) is 70.8. The zero-order valence-electron chi connectivity index (χ0n) is 68.2. The van der Waals surface area contributed by atoms with Crippen molar-refractivity contribution in [3.05, 3.63) is 0 Å². The molecule has 0 aliphatic heterocycles. The van der Waals surface area contributed by atoms with Crippen molar-refractivity contribution in [3.63, 3.8) is 0 Å². The number of hydrogen-bond acceptors (Lipinski definition) is 15. The predicted molar refractivity (Wildman–Crippen MR) is 428 cm³/mol. The molecular weight excluding hydrogens is 1350 g/mol. The second-order valence-electron chi connectivity index (χ2n) is 30.8. The van der Waals surface area contributed by atoms with Crippen molar-refractivity contribution in [2.45, 2.75) is 477 Å². The molecule has 0 heterocycles. The molecule has 0 saturated carbocycles. The molecular formula is C85H166O17P2. The number of aliphatic hydroxyl groups is 1. The number of hydrogen-bond donors (Lipinski definition) is 3. The Morgan fingerprint density at radius 1 is 0.269 bits per heavy atom. The van der Waals surface area contributed by atoms with E-state index in [9.17, 15) is 43.2 Å². The molecule has 17 nitrogen and oxygen atoms in total. The fourth-order valence-electron chi connectivity index (χ4n) is 13.3. The van der Waals surface area contributed by atoms with Gasteiger partial charge in [-0.15, -0.1) is 0 Å². The van der Waals surface area contributed by atoms with Crippen LogP contribution in [0.1, 0.15) is 458 Å². The quantitative estimate of drug-likeness (QED) is 0.0222. The van der Waals surface area contributed by atoms with Crippen LogP contribution in [0.4, 0.5) is 0 Å². The van der Waals surface area contributed by atoms with E-state index in [0.29, 0.717) is 25.7 Å². The van der Waals surface area contributed by atoms with Gasteiger partial charge in [0.25, 0.3) is 0 Å². The molecule has 0 aromatic carbocycles. The molecule has 19 heteroatoms. The van der Waals surface area contributed by atoms with Crippen molar-refractivity contribution < 1.29 is 80.2 Å². The summed E-state index contributed by atoms with van der Waals surface area (Å²) in [6, 6.07) is 0. The normalized spacial score (nSPS) is 14.0. The molecule has 0 fully saturated rings. The smallest absolute Gasteiger partial charge is 0.462 e. The topological polar surface area (TPSA) is 237 Å². The SMILES string of the molecule is CCCCCCCCCCCCCCCCCCCCCCC(=O)OC[C@H](COP(=O)(O)OC[C@@H](O)COP(=O)(O)OC[C@@H](COC(=O)CCCCCCCCCCCC)OC(=O)CCCCCCCCCCCCCC)OC(=O)CCCCCCCCCCCCCCCCCCCCC(C)CC. The maximum absolute atomic E-state index is 13.1. The van der Waals surface area contributed by atoms with Gasteiger partial charge in [0.15, 0.2) is 12.2 Å². The van der Waals surface area contributed by atoms with E-state index in [0.717, 1.165) is 95.8 Å². The van der Waals surface area contributed by atoms with E-state index in [1.807, 2.05) is 0 Å². The number of phosphoric ester groups is 2. The average Bonchev–Trinajstić information content (AvgIpc) is 0.910. The van der Waals surface area contributed by atoms with Crippen LogP contribution in [0, 0.1) is 5.92 Å². The number of unbranched alkanes of at least 4 members (excludes halogenated alkanes) is 56. The first-order chi connectivity index (χ1) is 50.6. The van der Waals surface area contributed by atoms with Gasteiger partial charge in [-0.1, -0.05) is 407 Å². The lowest BCUT2D eigenvalue weighted by Gasteiger charge is -2.21. The van der Waals surface area contributed by atoms with Gasteiger partial charge in [-0.3, -0.25) is 37.3 Å². The minimum atomic E-state index is -4.96. The molecule has 3 N–H and O–H groups in total. The number of carbonyl (C=O) groups is 4. The van der Waals surface area contributed by atoms with Crippen LogP contribution in [0.3, 0.4) is 0 Å². The Labute approximate surface area is 638 Å². The number of ether oxygens (including phenoxy) is 4. The molecule has 0 spiro atoms. The third kappa shape index (κ3) is 76.8. The van der Waals surface area contributed by atoms with E-state index in [-0.39, 0.29) is 25.7 Å². The monoisotopic (exact) mass is 1520 g/mol. The molecule has 0 aliphatic rings. The molecule has 0 aromatic heterocycles. The summed E-state index contributed by atoms with van der Waals surface area (Å²) in [5, 5.41) is 10.7. The first-order valence-corrected chi connectivity index (χ1v) is 47.2. The maximum atomic E-state index is 13.1. The number of carbonyl (C=O) groups excluding carboxylic acids is 4. The van der Waals surface area contributed by atoms with E-state index >= 15 is 0 Å². The number of rotatable bonds is 85. The Kier molecular flexibility index (Phi) is 76.3. The fourth-order valence-corrected chi connectivity index (χ4v) is 14.8. The molecule has 0 saturated heterocycles. The van der Waals surface area contributed by atoms with E-state index in [2.05, 4.69) is 34.6 Å². The first kappa shape index (κ1) is 102. The molecule has 6 atom stereocenters. The van der Waals surface area contributed by atoms with Crippen molar-refractivity contribution in [2.75, 3.05) is 39.6 Å². The van der Waals surface area contributed by atoms with E-state index in [4.69, 9.17) is 37.0 Å². The second kappa shape index (κ2) is 77.8. The summed E-state index contributed by atoms with van der Waals surface area (Å²) in [4.78, 5) is 73.1. The highest BCUT2D eigenvalue weighted by Gasteiger charge is 2.30. The highest BCUT2D eigenvalue weighted by Crippen LogP contribution is 2.45. The predicted octanol–water partition coefficient (Wildman–Crippen LogP) is 26.0. The summed E-state index contributed by atoms with van der Waals surface area (Å²) in [6.45, 7) is 7.41. The number of esters is 4. The van der Waals surface area contributed by atoms with Gasteiger partial charge in [-0.05, 0) is 31.6 Å². The molecule has 618 valence electrons. The van der Waals surface area contributed by atoms with Gasteiger partial charge in [0, 0.05) is 25.7 Å². The Bertz CT molecular complexity index is 1980. The molecule has 0 rings (SSSR count). The minimum absolute atomic E-state index is 0.108. The molecule has 3 unspecified atom stereocenters. The summed E-state index contributed by atoms with van der Waals surface area (Å²) >= 11 is 0. The zero-order valence-corrected chi connectivity index (χ0v) is 70.0. The van der Waals surface area contributed by atoms with E-state index in [1.54, 1.807) is 0 Å². The van der Waals surface area contributed by atoms with Crippen molar-refractivity contribution >= 4 is 39.5 Å². The summed E-state index contributed by atoms with van der Waals surface area (Å²) < 4.78 is 68.8. The van der Waals surface area contributed by atoms with Gasteiger partial charge in [-0.25, -0.2) is 9.13 Å². The average molecular weight is 1520 g/mol. The van der Waals surface area contributed by atoms with Crippen LogP contribution < -0.4 is 0 Å². The molecule has 104 heavy (non-hydrogen) atoms. The second-order valence-corrected chi connectivity index (χ2v) is 33.7. The first-order valence-electron chi connectivity index (χ1n) is 44.2. The third-order valence-corrected chi connectivity index (χ3v) is 22.3. The lowest BCUT2D eigenvalue weighted by Crippen LogP contribution is -2.30. The van der Waals surface area contributed by atoms with Crippen molar-refractivity contribution in [3.8, 4) is 0 Å². The van der Waals surface area contributed by atoms with Gasteiger partial charge in [0.2, 0.25) is 0 Å². The fraction of sp³-hybridized carbons (Fsp3) is 0.953. The number of phosphoric acid groups is 2. The largest absolute Gasteiger partial charge is 0.472 e. The van der Waals surface area contributed by atoms with Crippen LogP contribution in [0.15, 0.2) is 0 Å². The zero-order chi connectivity index (χ0) is 76.2. The van der Waals surface area contributed by atoms with Gasteiger partial charge in [0.05, 0.1) is 26.4 Å². The summed E-state index contributed by atoms with van der Waals surface area (Å²) in [5.74, 6) is -1.23. The minimum Gasteiger partial charge on any atom is -0.462 e. The van der Waals surface area contributed by atoms with Crippen LogP contribution in [-0.2, 0) is 65.4 Å². The Morgan fingerprint density at radius 3 is 0.683 bits per heavy atom. The Morgan fingerprint density at radius 2 is 0.462 bits per heavy atom.